The lowest BCUT2D eigenvalue weighted by Gasteiger charge is -2.38. The van der Waals surface area contributed by atoms with Gasteiger partial charge in [0.15, 0.2) is 0 Å². The third kappa shape index (κ3) is 2.24. The summed E-state index contributed by atoms with van der Waals surface area (Å²) in [6.45, 7) is 1.20. The Morgan fingerprint density at radius 1 is 1.47 bits per heavy atom. The first-order chi connectivity index (χ1) is 9.31. The zero-order valence-electron chi connectivity index (χ0n) is 11.0. The number of fused-ring (bicyclic) bond motifs is 1. The number of aromatic nitrogens is 1. The number of pyridine rings is 1. The highest BCUT2D eigenvalue weighted by Gasteiger charge is 2.44. The highest BCUT2D eigenvalue weighted by Crippen LogP contribution is 2.32. The Bertz CT molecular complexity index is 451. The van der Waals surface area contributed by atoms with E-state index in [2.05, 4.69) is 4.98 Å². The van der Waals surface area contributed by atoms with Crippen LogP contribution in [0.5, 0.6) is 0 Å². The van der Waals surface area contributed by atoms with Gasteiger partial charge >= 0.3 is 0 Å². The summed E-state index contributed by atoms with van der Waals surface area (Å²) >= 11 is 0. The van der Waals surface area contributed by atoms with Gasteiger partial charge < -0.3 is 14.4 Å². The van der Waals surface area contributed by atoms with Gasteiger partial charge in [-0.05, 0) is 25.0 Å². The molecule has 3 atom stereocenters. The Morgan fingerprint density at radius 3 is 3.11 bits per heavy atom. The van der Waals surface area contributed by atoms with Crippen LogP contribution in [0.3, 0.4) is 0 Å². The summed E-state index contributed by atoms with van der Waals surface area (Å²) in [6, 6.07) is 5.53. The minimum atomic E-state index is -0.00402. The minimum absolute atomic E-state index is 0.00402. The third-order valence-electron chi connectivity index (χ3n) is 3.98. The van der Waals surface area contributed by atoms with Gasteiger partial charge in [0.1, 0.15) is 11.8 Å². The summed E-state index contributed by atoms with van der Waals surface area (Å²) in [6.07, 6.45) is 3.63. The number of carbonyl (C=O) groups excluding carboxylic acids is 1. The number of hydrogen-bond acceptors (Lipinski definition) is 4. The highest BCUT2D eigenvalue weighted by atomic mass is 16.5. The van der Waals surface area contributed by atoms with Crippen molar-refractivity contribution in [2.45, 2.75) is 31.1 Å². The lowest BCUT2D eigenvalue weighted by molar-refractivity contribution is -0.0947. The molecule has 19 heavy (non-hydrogen) atoms. The maximum Gasteiger partial charge on any atom is 0.272 e. The Morgan fingerprint density at radius 2 is 2.37 bits per heavy atom. The van der Waals surface area contributed by atoms with E-state index >= 15 is 0 Å². The molecule has 1 saturated heterocycles. The molecule has 1 amide bonds. The first-order valence-corrected chi connectivity index (χ1v) is 6.67. The van der Waals surface area contributed by atoms with Gasteiger partial charge in [-0.15, -0.1) is 0 Å². The van der Waals surface area contributed by atoms with Gasteiger partial charge in [-0.25, -0.2) is 0 Å². The van der Waals surface area contributed by atoms with Crippen molar-refractivity contribution in [3.8, 4) is 0 Å². The van der Waals surface area contributed by atoms with E-state index in [0.717, 1.165) is 12.8 Å². The Balaban J connectivity index is 1.79. The van der Waals surface area contributed by atoms with Crippen LogP contribution < -0.4 is 0 Å². The van der Waals surface area contributed by atoms with E-state index < -0.39 is 0 Å². The smallest absolute Gasteiger partial charge is 0.272 e. The van der Waals surface area contributed by atoms with Crippen molar-refractivity contribution >= 4 is 5.91 Å². The molecule has 1 aromatic heterocycles. The molecule has 1 aliphatic carbocycles. The van der Waals surface area contributed by atoms with E-state index in [1.165, 1.54) is 0 Å². The summed E-state index contributed by atoms with van der Waals surface area (Å²) in [5.74, 6) is -0.00402. The van der Waals surface area contributed by atoms with Crippen molar-refractivity contribution in [2.24, 2.45) is 0 Å². The molecular weight excluding hydrogens is 244 g/mol. The number of methoxy groups -OCH3 is 1. The number of carbonyl (C=O) groups is 1. The molecule has 3 rings (SSSR count). The predicted molar refractivity (Wildman–Crippen MR) is 68.8 cm³/mol. The molecule has 2 fully saturated rings. The largest absolute Gasteiger partial charge is 0.379 e. The zero-order chi connectivity index (χ0) is 13.2. The van der Waals surface area contributed by atoms with E-state index in [-0.39, 0.29) is 24.2 Å². The quantitative estimate of drug-likeness (QED) is 0.801. The van der Waals surface area contributed by atoms with E-state index in [9.17, 15) is 4.79 Å². The SMILES string of the molecule is CO[C@@H]1CC[C@H]2[C@H]1OCCN2C(=O)c1ccccn1. The topological polar surface area (TPSA) is 51.7 Å². The van der Waals surface area contributed by atoms with Gasteiger partial charge in [0.2, 0.25) is 0 Å². The molecule has 1 aromatic rings. The van der Waals surface area contributed by atoms with Crippen molar-refractivity contribution in [1.82, 2.24) is 9.88 Å². The normalized spacial score (nSPS) is 30.2. The van der Waals surface area contributed by atoms with Crippen LogP contribution >= 0.6 is 0 Å². The van der Waals surface area contributed by atoms with Crippen LogP contribution in [0.1, 0.15) is 23.3 Å². The predicted octanol–water partition coefficient (Wildman–Crippen LogP) is 1.10. The molecule has 0 N–H and O–H groups in total. The molecule has 1 aliphatic heterocycles. The van der Waals surface area contributed by atoms with Gasteiger partial charge in [0.05, 0.1) is 18.8 Å². The highest BCUT2D eigenvalue weighted by molar-refractivity contribution is 5.92. The van der Waals surface area contributed by atoms with Crippen LogP contribution in [-0.2, 0) is 9.47 Å². The second-order valence-corrected chi connectivity index (χ2v) is 4.97. The molecule has 1 saturated carbocycles. The fraction of sp³-hybridized carbons (Fsp3) is 0.571. The fourth-order valence-electron chi connectivity index (χ4n) is 3.06. The second-order valence-electron chi connectivity index (χ2n) is 4.97. The molecular formula is C14H18N2O3. The number of ether oxygens (including phenoxy) is 2. The first-order valence-electron chi connectivity index (χ1n) is 6.67. The molecule has 102 valence electrons. The summed E-state index contributed by atoms with van der Waals surface area (Å²) in [5, 5.41) is 0. The van der Waals surface area contributed by atoms with Gasteiger partial charge in [-0.1, -0.05) is 6.07 Å². The van der Waals surface area contributed by atoms with Gasteiger partial charge in [0.25, 0.3) is 5.91 Å². The number of amides is 1. The van der Waals surface area contributed by atoms with Crippen LogP contribution in [0.25, 0.3) is 0 Å². The average Bonchev–Trinajstić information content (AvgIpc) is 2.90. The summed E-state index contributed by atoms with van der Waals surface area (Å²) in [4.78, 5) is 18.5. The number of morpholine rings is 1. The lowest BCUT2D eigenvalue weighted by atomic mass is 10.1. The monoisotopic (exact) mass is 262 g/mol. The maximum atomic E-state index is 12.5. The van der Waals surface area contributed by atoms with Gasteiger partial charge in [-0.3, -0.25) is 9.78 Å². The summed E-state index contributed by atoms with van der Waals surface area (Å²) in [7, 11) is 1.70. The van der Waals surface area contributed by atoms with Crippen molar-refractivity contribution in [2.75, 3.05) is 20.3 Å². The van der Waals surface area contributed by atoms with Gasteiger partial charge in [0, 0.05) is 19.9 Å². The standard InChI is InChI=1S/C14H18N2O3/c1-18-12-6-5-11-13(12)19-9-8-16(11)14(17)10-4-2-3-7-15-10/h2-4,7,11-13H,5-6,8-9H2,1H3/t11-,12+,13+/m0/s1. The van der Waals surface area contributed by atoms with Crippen LogP contribution in [0.4, 0.5) is 0 Å². The number of rotatable bonds is 2. The molecule has 5 heteroatoms. The Hall–Kier alpha value is -1.46. The zero-order valence-corrected chi connectivity index (χ0v) is 11.0. The number of nitrogens with zero attached hydrogens (tertiary/aromatic N) is 2. The molecule has 0 unspecified atom stereocenters. The second kappa shape index (κ2) is 5.27. The van der Waals surface area contributed by atoms with Crippen LogP contribution in [0.2, 0.25) is 0 Å². The Labute approximate surface area is 112 Å². The maximum absolute atomic E-state index is 12.5. The van der Waals surface area contributed by atoms with Crippen LogP contribution in [0, 0.1) is 0 Å². The van der Waals surface area contributed by atoms with Gasteiger partial charge in [-0.2, -0.15) is 0 Å². The van der Waals surface area contributed by atoms with E-state index in [0.29, 0.717) is 18.8 Å². The Kier molecular flexibility index (Phi) is 3.48. The molecule has 5 nitrogen and oxygen atoms in total. The van der Waals surface area contributed by atoms with E-state index in [4.69, 9.17) is 9.47 Å². The fourth-order valence-corrected chi connectivity index (χ4v) is 3.06. The van der Waals surface area contributed by atoms with E-state index in [1.54, 1.807) is 19.4 Å². The molecule has 2 aliphatic rings. The summed E-state index contributed by atoms with van der Waals surface area (Å²) < 4.78 is 11.2. The third-order valence-corrected chi connectivity index (χ3v) is 3.98. The molecule has 0 bridgehead atoms. The molecule has 2 heterocycles. The van der Waals surface area contributed by atoms with Crippen LogP contribution in [0.15, 0.2) is 24.4 Å². The van der Waals surface area contributed by atoms with Crippen molar-refractivity contribution in [3.63, 3.8) is 0 Å². The number of hydrogen-bond donors (Lipinski definition) is 0. The average molecular weight is 262 g/mol. The molecule has 0 aromatic carbocycles. The lowest BCUT2D eigenvalue weighted by Crippen LogP contribution is -2.53. The molecule has 0 radical (unpaired) electrons. The van der Waals surface area contributed by atoms with Crippen molar-refractivity contribution in [1.29, 1.82) is 0 Å². The van der Waals surface area contributed by atoms with Crippen LogP contribution in [-0.4, -0.2) is 54.3 Å². The van der Waals surface area contributed by atoms with E-state index in [1.807, 2.05) is 17.0 Å². The van der Waals surface area contributed by atoms with Crippen molar-refractivity contribution in [3.05, 3.63) is 30.1 Å². The first kappa shape index (κ1) is 12.6. The van der Waals surface area contributed by atoms with Crippen molar-refractivity contribution < 1.29 is 14.3 Å². The molecule has 0 spiro atoms. The minimum Gasteiger partial charge on any atom is -0.379 e. The summed E-state index contributed by atoms with van der Waals surface area (Å²) in [5.41, 5.74) is 0.504.